The lowest BCUT2D eigenvalue weighted by Crippen LogP contribution is -2.32. The molecule has 0 saturated carbocycles. The number of nitrogens with one attached hydrogen (secondary N) is 1. The Bertz CT molecular complexity index is 544. The molecule has 0 saturated heterocycles. The van der Waals surface area contributed by atoms with Crippen molar-refractivity contribution in [3.05, 3.63) is 35.4 Å². The predicted molar refractivity (Wildman–Crippen MR) is 86.3 cm³/mol. The van der Waals surface area contributed by atoms with Gasteiger partial charge < -0.3 is 14.8 Å². The lowest BCUT2D eigenvalue weighted by molar-refractivity contribution is 0.0528. The van der Waals surface area contributed by atoms with Gasteiger partial charge in [-0.05, 0) is 44.9 Å². The summed E-state index contributed by atoms with van der Waals surface area (Å²) in [7, 11) is 1.56. The summed E-state index contributed by atoms with van der Waals surface area (Å²) in [5.41, 5.74) is 0.880. The highest BCUT2D eigenvalue weighted by Crippen LogP contribution is 2.17. The molecule has 0 aliphatic carbocycles. The van der Waals surface area contributed by atoms with Crippen molar-refractivity contribution in [2.45, 2.75) is 32.8 Å². The average molecular weight is 305 g/mol. The van der Waals surface area contributed by atoms with Gasteiger partial charge in [-0.15, -0.1) is 0 Å². The van der Waals surface area contributed by atoms with Crippen LogP contribution in [0.2, 0.25) is 0 Å². The van der Waals surface area contributed by atoms with Crippen molar-refractivity contribution in [1.29, 1.82) is 0 Å². The zero-order valence-electron chi connectivity index (χ0n) is 13.5. The first-order valence-electron chi connectivity index (χ1n) is 7.12. The Morgan fingerprint density at radius 2 is 2.00 bits per heavy atom. The van der Waals surface area contributed by atoms with Crippen molar-refractivity contribution in [3.8, 4) is 5.75 Å². The Hall–Kier alpha value is -2.30. The quantitative estimate of drug-likeness (QED) is 0.646. The van der Waals surface area contributed by atoms with Gasteiger partial charge in [-0.2, -0.15) is 0 Å². The van der Waals surface area contributed by atoms with Gasteiger partial charge in [0.1, 0.15) is 11.4 Å². The van der Waals surface area contributed by atoms with Gasteiger partial charge in [-0.3, -0.25) is 4.79 Å². The Morgan fingerprint density at radius 1 is 1.27 bits per heavy atom. The first-order chi connectivity index (χ1) is 10.4. The van der Waals surface area contributed by atoms with E-state index in [-0.39, 0.29) is 0 Å². The standard InChI is InChI=1S/C17H23NO4/c1-17(2,3)22-16(20)18-10-6-5-7-13-8-9-15(21-4)11-14(13)12-19/h5,7-9,11-12H,6,10H2,1-4H3,(H,18,20). The lowest BCUT2D eigenvalue weighted by atomic mass is 10.1. The number of benzene rings is 1. The van der Waals surface area contributed by atoms with Gasteiger partial charge in [0, 0.05) is 12.1 Å². The van der Waals surface area contributed by atoms with Crippen molar-refractivity contribution in [2.24, 2.45) is 0 Å². The molecule has 5 nitrogen and oxygen atoms in total. The summed E-state index contributed by atoms with van der Waals surface area (Å²) >= 11 is 0. The van der Waals surface area contributed by atoms with Crippen molar-refractivity contribution in [1.82, 2.24) is 5.32 Å². The molecule has 0 fully saturated rings. The molecule has 0 spiro atoms. The van der Waals surface area contributed by atoms with Crippen LogP contribution < -0.4 is 10.1 Å². The fraction of sp³-hybridized carbons (Fsp3) is 0.412. The van der Waals surface area contributed by atoms with E-state index in [4.69, 9.17) is 9.47 Å². The van der Waals surface area contributed by atoms with Crippen LogP contribution in [-0.4, -0.2) is 31.6 Å². The summed E-state index contributed by atoms with van der Waals surface area (Å²) in [6.07, 6.45) is 4.75. The molecule has 1 aromatic carbocycles. The summed E-state index contributed by atoms with van der Waals surface area (Å²) in [6.45, 7) is 5.92. The summed E-state index contributed by atoms with van der Waals surface area (Å²) in [6, 6.07) is 5.30. The molecule has 0 aliphatic heterocycles. The first-order valence-corrected chi connectivity index (χ1v) is 7.12. The minimum Gasteiger partial charge on any atom is -0.497 e. The Balaban J connectivity index is 2.47. The van der Waals surface area contributed by atoms with Crippen molar-refractivity contribution in [2.75, 3.05) is 13.7 Å². The molecule has 0 aromatic heterocycles. The van der Waals surface area contributed by atoms with E-state index in [2.05, 4.69) is 5.32 Å². The number of alkyl carbamates (subject to hydrolysis) is 1. The minimum absolute atomic E-state index is 0.432. The Kier molecular flexibility index (Phi) is 6.63. The molecule has 0 heterocycles. The Labute approximate surface area is 131 Å². The summed E-state index contributed by atoms with van der Waals surface area (Å²) in [5, 5.41) is 2.67. The van der Waals surface area contributed by atoms with E-state index in [0.717, 1.165) is 11.8 Å². The van der Waals surface area contributed by atoms with Gasteiger partial charge in [0.15, 0.2) is 6.29 Å². The zero-order chi connectivity index (χ0) is 16.6. The summed E-state index contributed by atoms with van der Waals surface area (Å²) < 4.78 is 10.2. The fourth-order valence-corrected chi connectivity index (χ4v) is 1.72. The van der Waals surface area contributed by atoms with Crippen LogP contribution in [0.4, 0.5) is 4.79 Å². The van der Waals surface area contributed by atoms with Gasteiger partial charge in [0.05, 0.1) is 7.11 Å². The van der Waals surface area contributed by atoms with Crippen LogP contribution in [0.15, 0.2) is 24.3 Å². The van der Waals surface area contributed by atoms with E-state index in [1.54, 1.807) is 19.2 Å². The molecule has 120 valence electrons. The molecule has 0 aliphatic rings. The third-order valence-corrected chi connectivity index (χ3v) is 2.70. The molecule has 22 heavy (non-hydrogen) atoms. The number of rotatable bonds is 6. The van der Waals surface area contributed by atoms with Crippen LogP contribution in [-0.2, 0) is 4.74 Å². The van der Waals surface area contributed by atoms with E-state index in [1.165, 1.54) is 0 Å². The van der Waals surface area contributed by atoms with Crippen LogP contribution in [0.25, 0.3) is 6.08 Å². The number of methoxy groups -OCH3 is 1. The molecular weight excluding hydrogens is 282 g/mol. The molecule has 0 radical (unpaired) electrons. The van der Waals surface area contributed by atoms with E-state index in [0.29, 0.717) is 24.3 Å². The highest BCUT2D eigenvalue weighted by molar-refractivity contribution is 5.82. The minimum atomic E-state index is -0.498. The highest BCUT2D eigenvalue weighted by Gasteiger charge is 2.15. The fourth-order valence-electron chi connectivity index (χ4n) is 1.72. The highest BCUT2D eigenvalue weighted by atomic mass is 16.6. The van der Waals surface area contributed by atoms with Crippen LogP contribution in [0.3, 0.4) is 0 Å². The normalized spacial score (nSPS) is 11.3. The van der Waals surface area contributed by atoms with Gasteiger partial charge >= 0.3 is 6.09 Å². The second-order valence-electron chi connectivity index (χ2n) is 5.73. The van der Waals surface area contributed by atoms with Gasteiger partial charge in [0.2, 0.25) is 0 Å². The molecule has 0 unspecified atom stereocenters. The van der Waals surface area contributed by atoms with E-state index in [1.807, 2.05) is 39.0 Å². The maximum absolute atomic E-state index is 11.4. The summed E-state index contributed by atoms with van der Waals surface area (Å²) in [5.74, 6) is 0.644. The molecule has 1 rings (SSSR count). The smallest absolute Gasteiger partial charge is 0.407 e. The van der Waals surface area contributed by atoms with Crippen LogP contribution in [0.5, 0.6) is 5.75 Å². The number of carbonyl (C=O) groups is 2. The molecule has 1 N–H and O–H groups in total. The monoisotopic (exact) mass is 305 g/mol. The molecule has 5 heteroatoms. The Morgan fingerprint density at radius 3 is 2.59 bits per heavy atom. The molecular formula is C17H23NO4. The lowest BCUT2D eigenvalue weighted by Gasteiger charge is -2.19. The zero-order valence-corrected chi connectivity index (χ0v) is 13.5. The molecule has 0 bridgehead atoms. The van der Waals surface area contributed by atoms with E-state index < -0.39 is 11.7 Å². The van der Waals surface area contributed by atoms with E-state index in [9.17, 15) is 9.59 Å². The number of amides is 1. The largest absolute Gasteiger partial charge is 0.497 e. The first kappa shape index (κ1) is 17.8. The van der Waals surface area contributed by atoms with Gasteiger partial charge in [-0.1, -0.05) is 18.2 Å². The topological polar surface area (TPSA) is 64.6 Å². The number of carbonyl (C=O) groups excluding carboxylic acids is 2. The number of hydrogen-bond donors (Lipinski definition) is 1. The third kappa shape index (κ3) is 6.43. The molecule has 0 atom stereocenters. The third-order valence-electron chi connectivity index (χ3n) is 2.70. The predicted octanol–water partition coefficient (Wildman–Crippen LogP) is 3.44. The van der Waals surface area contributed by atoms with Crippen LogP contribution in [0.1, 0.15) is 43.1 Å². The van der Waals surface area contributed by atoms with Crippen LogP contribution in [0, 0.1) is 0 Å². The molecule has 1 amide bonds. The van der Waals surface area contributed by atoms with Gasteiger partial charge in [-0.25, -0.2) is 4.79 Å². The second-order valence-corrected chi connectivity index (χ2v) is 5.73. The maximum atomic E-state index is 11.4. The number of hydrogen-bond acceptors (Lipinski definition) is 4. The number of ether oxygens (including phenoxy) is 2. The molecule has 1 aromatic rings. The SMILES string of the molecule is COc1ccc(C=CCCNC(=O)OC(C)(C)C)c(C=O)c1. The van der Waals surface area contributed by atoms with Crippen LogP contribution >= 0.6 is 0 Å². The van der Waals surface area contributed by atoms with Crippen molar-refractivity contribution >= 4 is 18.5 Å². The average Bonchev–Trinajstić information content (AvgIpc) is 2.45. The second kappa shape index (κ2) is 8.22. The summed E-state index contributed by atoms with van der Waals surface area (Å²) in [4.78, 5) is 22.5. The maximum Gasteiger partial charge on any atom is 0.407 e. The van der Waals surface area contributed by atoms with Gasteiger partial charge in [0.25, 0.3) is 0 Å². The number of aldehydes is 1. The van der Waals surface area contributed by atoms with E-state index >= 15 is 0 Å². The van der Waals surface area contributed by atoms with Crippen molar-refractivity contribution < 1.29 is 19.1 Å². The van der Waals surface area contributed by atoms with Crippen molar-refractivity contribution in [3.63, 3.8) is 0 Å².